The van der Waals surface area contributed by atoms with Crippen LogP contribution in [-0.4, -0.2) is 30.2 Å². The van der Waals surface area contributed by atoms with E-state index in [1.54, 1.807) is 11.9 Å². The zero-order chi connectivity index (χ0) is 21.9. The fourth-order valence-electron chi connectivity index (χ4n) is 3.38. The number of nitrogens with zero attached hydrogens (tertiary/aromatic N) is 2. The maximum absolute atomic E-state index is 6.47. The Morgan fingerprint density at radius 3 is 2.43 bits per heavy atom. The quantitative estimate of drug-likeness (QED) is 0.244. The van der Waals surface area contributed by atoms with Crippen molar-refractivity contribution in [3.8, 4) is 0 Å². The molecule has 0 bridgehead atoms. The van der Waals surface area contributed by atoms with Crippen LogP contribution in [0.4, 0.5) is 5.69 Å². The van der Waals surface area contributed by atoms with Gasteiger partial charge in [-0.1, -0.05) is 83.2 Å². The molecule has 0 aromatic heterocycles. The zero-order valence-electron chi connectivity index (χ0n) is 18.2. The van der Waals surface area contributed by atoms with E-state index in [0.717, 1.165) is 38.2 Å². The predicted octanol–water partition coefficient (Wildman–Crippen LogP) is 7.97. The van der Waals surface area contributed by atoms with E-state index in [-0.39, 0.29) is 6.04 Å². The number of allylic oxidation sites excluding steroid dienone is 3. The number of benzene rings is 2. The average Bonchev–Trinajstić information content (AvgIpc) is 2.75. The summed E-state index contributed by atoms with van der Waals surface area (Å²) in [5.41, 5.74) is 3.66. The van der Waals surface area contributed by atoms with Gasteiger partial charge in [-0.25, -0.2) is 4.31 Å². The van der Waals surface area contributed by atoms with Crippen LogP contribution in [-0.2, 0) is 0 Å². The lowest BCUT2D eigenvalue weighted by atomic mass is 10.0. The van der Waals surface area contributed by atoms with Crippen molar-refractivity contribution in [2.45, 2.75) is 32.7 Å². The van der Waals surface area contributed by atoms with Crippen molar-refractivity contribution in [3.63, 3.8) is 0 Å². The molecule has 2 aromatic rings. The molecule has 1 fully saturated rings. The molecule has 0 amide bonds. The molecular formula is C25H32Cl2N2S. The summed E-state index contributed by atoms with van der Waals surface area (Å²) >= 11 is 14.3. The Morgan fingerprint density at radius 1 is 1.10 bits per heavy atom. The van der Waals surface area contributed by atoms with Crippen molar-refractivity contribution >= 4 is 40.8 Å². The standard InChI is InChI=1S/C18H20Cl2N2S.C7H12/c1-13-3-5-14(6-4-13)18-12-21(23-2)9-10-22(18)17-8-7-15(19)11-16(17)20;1-3-5-7-6-4-2/h3-8,11,18H,9-10,12H2,1-2H3;3-4,6H,1,5,7H2,2H3/b;6-4-. The maximum Gasteiger partial charge on any atom is 0.0680 e. The summed E-state index contributed by atoms with van der Waals surface area (Å²) in [6.45, 7) is 10.7. The molecular weight excluding hydrogens is 431 g/mol. The fraction of sp³-hybridized carbons (Fsp3) is 0.360. The predicted molar refractivity (Wildman–Crippen MR) is 137 cm³/mol. The van der Waals surface area contributed by atoms with Crippen molar-refractivity contribution in [1.29, 1.82) is 0 Å². The van der Waals surface area contributed by atoms with E-state index in [9.17, 15) is 0 Å². The Hall–Kier alpha value is -1.39. The van der Waals surface area contributed by atoms with E-state index in [1.165, 1.54) is 11.1 Å². The Balaban J connectivity index is 0.000000396. The Kier molecular flexibility index (Phi) is 10.9. The molecule has 0 spiro atoms. The second-order valence-corrected chi connectivity index (χ2v) is 8.95. The molecule has 30 heavy (non-hydrogen) atoms. The van der Waals surface area contributed by atoms with Crippen LogP contribution in [0.25, 0.3) is 0 Å². The van der Waals surface area contributed by atoms with Crippen molar-refractivity contribution in [2.75, 3.05) is 30.8 Å². The first-order chi connectivity index (χ1) is 14.5. The summed E-state index contributed by atoms with van der Waals surface area (Å²) in [4.78, 5) is 2.40. The monoisotopic (exact) mass is 462 g/mol. The van der Waals surface area contributed by atoms with Gasteiger partial charge in [-0.3, -0.25) is 0 Å². The van der Waals surface area contributed by atoms with Gasteiger partial charge in [0.2, 0.25) is 0 Å². The van der Waals surface area contributed by atoms with Gasteiger partial charge in [-0.15, -0.1) is 6.58 Å². The molecule has 0 N–H and O–H groups in total. The van der Waals surface area contributed by atoms with E-state index < -0.39 is 0 Å². The molecule has 3 rings (SSSR count). The highest BCUT2D eigenvalue weighted by Gasteiger charge is 2.29. The number of unbranched alkanes of at least 4 members (excludes halogenated alkanes) is 1. The van der Waals surface area contributed by atoms with Crippen LogP contribution in [0.5, 0.6) is 0 Å². The molecule has 1 atom stereocenters. The smallest absolute Gasteiger partial charge is 0.0680 e. The molecule has 1 saturated heterocycles. The highest BCUT2D eigenvalue weighted by Crippen LogP contribution is 2.37. The molecule has 1 aliphatic heterocycles. The first-order valence-corrected chi connectivity index (χ1v) is 12.2. The molecule has 0 aliphatic carbocycles. The number of anilines is 1. The van der Waals surface area contributed by atoms with Gasteiger partial charge < -0.3 is 4.90 Å². The first kappa shape index (κ1) is 24.9. The van der Waals surface area contributed by atoms with Crippen LogP contribution in [0.3, 0.4) is 0 Å². The molecule has 0 saturated carbocycles. The third kappa shape index (κ3) is 7.39. The third-order valence-corrected chi connectivity index (χ3v) is 6.44. The van der Waals surface area contributed by atoms with E-state index in [4.69, 9.17) is 23.2 Å². The van der Waals surface area contributed by atoms with Gasteiger partial charge in [0.05, 0.1) is 16.8 Å². The van der Waals surface area contributed by atoms with Crippen LogP contribution >= 0.6 is 35.1 Å². The van der Waals surface area contributed by atoms with E-state index in [1.807, 2.05) is 31.2 Å². The molecule has 1 heterocycles. The van der Waals surface area contributed by atoms with E-state index in [2.05, 4.69) is 65.4 Å². The molecule has 162 valence electrons. The van der Waals surface area contributed by atoms with Gasteiger partial charge in [0.1, 0.15) is 0 Å². The highest BCUT2D eigenvalue weighted by atomic mass is 35.5. The van der Waals surface area contributed by atoms with Gasteiger partial charge in [-0.05, 0) is 56.7 Å². The summed E-state index contributed by atoms with van der Waals surface area (Å²) in [7, 11) is 0. The second-order valence-electron chi connectivity index (χ2n) is 7.22. The van der Waals surface area contributed by atoms with Gasteiger partial charge in [0, 0.05) is 24.7 Å². The zero-order valence-corrected chi connectivity index (χ0v) is 20.5. The van der Waals surface area contributed by atoms with Crippen molar-refractivity contribution in [1.82, 2.24) is 4.31 Å². The number of piperazine rings is 1. The minimum Gasteiger partial charge on any atom is -0.361 e. The minimum absolute atomic E-state index is 0.287. The minimum atomic E-state index is 0.287. The van der Waals surface area contributed by atoms with Gasteiger partial charge >= 0.3 is 0 Å². The van der Waals surface area contributed by atoms with Gasteiger partial charge in [0.25, 0.3) is 0 Å². The van der Waals surface area contributed by atoms with Crippen LogP contribution in [0.2, 0.25) is 10.0 Å². The third-order valence-electron chi connectivity index (χ3n) is 5.06. The van der Waals surface area contributed by atoms with Crippen molar-refractivity contribution < 1.29 is 0 Å². The van der Waals surface area contributed by atoms with Gasteiger partial charge in [-0.2, -0.15) is 0 Å². The average molecular weight is 464 g/mol. The molecule has 1 aliphatic rings. The summed E-state index contributed by atoms with van der Waals surface area (Å²) in [6, 6.07) is 14.9. The first-order valence-electron chi connectivity index (χ1n) is 10.3. The topological polar surface area (TPSA) is 6.48 Å². The van der Waals surface area contributed by atoms with Gasteiger partial charge in [0.15, 0.2) is 0 Å². The van der Waals surface area contributed by atoms with Crippen molar-refractivity contribution in [2.24, 2.45) is 0 Å². The van der Waals surface area contributed by atoms with Crippen molar-refractivity contribution in [3.05, 3.63) is 88.4 Å². The lowest BCUT2D eigenvalue weighted by Crippen LogP contribution is -2.46. The molecule has 5 heteroatoms. The fourth-order valence-corrected chi connectivity index (χ4v) is 4.45. The molecule has 0 radical (unpaired) electrons. The summed E-state index contributed by atoms with van der Waals surface area (Å²) < 4.78 is 2.41. The summed E-state index contributed by atoms with van der Waals surface area (Å²) in [6.07, 6.45) is 10.5. The van der Waals surface area contributed by atoms with Crippen LogP contribution in [0.1, 0.15) is 36.9 Å². The number of hydrogen-bond acceptors (Lipinski definition) is 3. The normalized spacial score (nSPS) is 17.0. The van der Waals surface area contributed by atoms with Crippen LogP contribution in [0, 0.1) is 6.92 Å². The maximum atomic E-state index is 6.47. The molecule has 1 unspecified atom stereocenters. The Morgan fingerprint density at radius 2 is 1.83 bits per heavy atom. The SMILES string of the molecule is C=CCC/C=C\C.CSN1CCN(c2ccc(Cl)cc2Cl)C(c2ccc(C)cc2)C1. The highest BCUT2D eigenvalue weighted by molar-refractivity contribution is 7.96. The lowest BCUT2D eigenvalue weighted by molar-refractivity contribution is 0.366. The Labute approximate surface area is 196 Å². The summed E-state index contributed by atoms with van der Waals surface area (Å²) in [5, 5.41) is 1.39. The molecule has 2 aromatic carbocycles. The van der Waals surface area contributed by atoms with Crippen LogP contribution in [0.15, 0.2) is 67.3 Å². The number of hydrogen-bond donors (Lipinski definition) is 0. The largest absolute Gasteiger partial charge is 0.361 e. The number of aryl methyl sites for hydroxylation is 1. The number of halogens is 2. The second kappa shape index (κ2) is 13.1. The van der Waals surface area contributed by atoms with E-state index in [0.29, 0.717) is 10.0 Å². The van der Waals surface area contributed by atoms with E-state index >= 15 is 0 Å². The lowest BCUT2D eigenvalue weighted by Gasteiger charge is -2.42. The molecule has 2 nitrogen and oxygen atoms in total. The van der Waals surface area contributed by atoms with Crippen LogP contribution < -0.4 is 4.90 Å². The Bertz CT molecular complexity index is 820. The summed E-state index contributed by atoms with van der Waals surface area (Å²) in [5.74, 6) is 0. The number of rotatable bonds is 6.